The van der Waals surface area contributed by atoms with E-state index in [1.54, 1.807) is 18.3 Å². The lowest BCUT2D eigenvalue weighted by Gasteiger charge is -2.13. The third kappa shape index (κ3) is 3.24. The van der Waals surface area contributed by atoms with Gasteiger partial charge < -0.3 is 5.32 Å². The fourth-order valence-corrected chi connectivity index (χ4v) is 3.23. The Morgan fingerprint density at radius 2 is 1.54 bits per heavy atom. The number of rotatable bonds is 3. The molecule has 1 amide bonds. The Balaban J connectivity index is 1.75. The number of benzene rings is 3. The predicted octanol–water partition coefficient (Wildman–Crippen LogP) is 5.92. The smallest absolute Gasteiger partial charge is 0.257 e. The van der Waals surface area contributed by atoms with Crippen molar-refractivity contribution in [3.05, 3.63) is 95.2 Å². The van der Waals surface area contributed by atoms with Gasteiger partial charge in [0.15, 0.2) is 0 Å². The number of nitrogens with zero attached hydrogens (tertiary/aromatic N) is 1. The molecule has 1 N–H and O–H groups in total. The monoisotopic (exact) mass is 402 g/mol. The van der Waals surface area contributed by atoms with Crippen molar-refractivity contribution in [3.63, 3.8) is 0 Å². The highest BCUT2D eigenvalue weighted by Gasteiger charge is 2.12. The van der Waals surface area contributed by atoms with Crippen molar-refractivity contribution in [3.8, 4) is 11.1 Å². The van der Waals surface area contributed by atoms with Crippen LogP contribution in [0.3, 0.4) is 0 Å². The Labute approximate surface area is 159 Å². The summed E-state index contributed by atoms with van der Waals surface area (Å²) < 4.78 is 0.699. The minimum absolute atomic E-state index is 0.183. The van der Waals surface area contributed by atoms with E-state index in [0.29, 0.717) is 10.2 Å². The van der Waals surface area contributed by atoms with Gasteiger partial charge in [-0.25, -0.2) is 4.98 Å². The molecule has 0 radical (unpaired) electrons. The summed E-state index contributed by atoms with van der Waals surface area (Å²) in [4.78, 5) is 16.7. The maximum absolute atomic E-state index is 12.6. The molecule has 0 aliphatic rings. The lowest BCUT2D eigenvalue weighted by atomic mass is 9.97. The summed E-state index contributed by atoms with van der Waals surface area (Å²) in [5.41, 5.74) is 3.37. The molecule has 0 unspecified atom stereocenters. The molecule has 0 spiro atoms. The molecule has 1 aromatic heterocycles. The molecule has 0 aliphatic heterocycles. The van der Waals surface area contributed by atoms with Crippen LogP contribution in [0.5, 0.6) is 0 Å². The highest BCUT2D eigenvalue weighted by atomic mass is 79.9. The van der Waals surface area contributed by atoms with Crippen LogP contribution in [0.2, 0.25) is 0 Å². The number of aromatic nitrogens is 1. The van der Waals surface area contributed by atoms with Crippen molar-refractivity contribution >= 4 is 38.3 Å². The fourth-order valence-electron chi connectivity index (χ4n) is 2.99. The minimum Gasteiger partial charge on any atom is -0.321 e. The molecular weight excluding hydrogens is 388 g/mol. The number of fused-ring (bicyclic) bond motifs is 1. The number of carbonyl (C=O) groups excluding carboxylic acids is 1. The van der Waals surface area contributed by atoms with Crippen LogP contribution in [0.25, 0.3) is 21.9 Å². The topological polar surface area (TPSA) is 42.0 Å². The van der Waals surface area contributed by atoms with E-state index in [4.69, 9.17) is 0 Å². The van der Waals surface area contributed by atoms with Crippen LogP contribution in [-0.4, -0.2) is 10.9 Å². The molecule has 0 bridgehead atoms. The van der Waals surface area contributed by atoms with Gasteiger partial charge in [-0.2, -0.15) is 0 Å². The molecule has 3 nitrogen and oxygen atoms in total. The van der Waals surface area contributed by atoms with E-state index in [1.807, 2.05) is 42.5 Å². The van der Waals surface area contributed by atoms with Gasteiger partial charge in [-0.1, -0.05) is 60.7 Å². The molecule has 0 saturated carbocycles. The number of para-hydroxylation sites is 1. The molecule has 4 rings (SSSR count). The van der Waals surface area contributed by atoms with Crippen LogP contribution in [-0.2, 0) is 0 Å². The van der Waals surface area contributed by atoms with Crippen LogP contribution in [0.1, 0.15) is 10.4 Å². The number of halogens is 1. The second kappa shape index (κ2) is 7.10. The third-order valence-corrected chi connectivity index (χ3v) is 4.71. The van der Waals surface area contributed by atoms with Gasteiger partial charge in [0.2, 0.25) is 0 Å². The van der Waals surface area contributed by atoms with E-state index in [-0.39, 0.29) is 5.91 Å². The number of hydrogen-bond donors (Lipinski definition) is 1. The largest absolute Gasteiger partial charge is 0.321 e. The molecule has 0 aliphatic carbocycles. The highest BCUT2D eigenvalue weighted by molar-refractivity contribution is 9.10. The Hall–Kier alpha value is -2.98. The van der Waals surface area contributed by atoms with Gasteiger partial charge in [0, 0.05) is 17.4 Å². The summed E-state index contributed by atoms with van der Waals surface area (Å²) in [6.07, 6.45) is 1.56. The zero-order chi connectivity index (χ0) is 17.9. The molecule has 4 aromatic rings. The zero-order valence-corrected chi connectivity index (χ0v) is 15.4. The van der Waals surface area contributed by atoms with Crippen molar-refractivity contribution in [2.24, 2.45) is 0 Å². The first-order chi connectivity index (χ1) is 12.7. The number of hydrogen-bond acceptors (Lipinski definition) is 2. The van der Waals surface area contributed by atoms with Crippen molar-refractivity contribution in [2.75, 3.05) is 5.32 Å². The van der Waals surface area contributed by atoms with Crippen LogP contribution in [0.15, 0.2) is 89.7 Å². The standard InChI is InChI=1S/C22H15BrN2O/c23-21-13-12-16(14-24-21)22(26)25-20-11-4-3-9-19(20)18-10-5-7-15-6-1-2-8-17(15)18/h1-14H,(H,25,26). The average Bonchev–Trinajstić information content (AvgIpc) is 2.68. The molecule has 126 valence electrons. The number of amides is 1. The van der Waals surface area contributed by atoms with Crippen molar-refractivity contribution < 1.29 is 4.79 Å². The normalized spacial score (nSPS) is 10.7. The SMILES string of the molecule is O=C(Nc1ccccc1-c1cccc2ccccc12)c1ccc(Br)nc1. The van der Waals surface area contributed by atoms with Crippen molar-refractivity contribution in [1.82, 2.24) is 4.98 Å². The van der Waals surface area contributed by atoms with Gasteiger partial charge >= 0.3 is 0 Å². The van der Waals surface area contributed by atoms with Crippen LogP contribution in [0.4, 0.5) is 5.69 Å². The molecule has 3 aromatic carbocycles. The zero-order valence-electron chi connectivity index (χ0n) is 13.8. The van der Waals surface area contributed by atoms with Crippen LogP contribution in [0, 0.1) is 0 Å². The summed E-state index contributed by atoms with van der Waals surface area (Å²) >= 11 is 3.28. The first-order valence-corrected chi connectivity index (χ1v) is 9.02. The minimum atomic E-state index is -0.183. The second-order valence-electron chi connectivity index (χ2n) is 5.90. The lowest BCUT2D eigenvalue weighted by Crippen LogP contribution is -2.12. The molecule has 0 atom stereocenters. The van der Waals surface area contributed by atoms with E-state index in [1.165, 1.54) is 5.39 Å². The maximum atomic E-state index is 12.6. The van der Waals surface area contributed by atoms with Crippen molar-refractivity contribution in [2.45, 2.75) is 0 Å². The quantitative estimate of drug-likeness (QED) is 0.432. The third-order valence-electron chi connectivity index (χ3n) is 4.24. The van der Waals surface area contributed by atoms with E-state index < -0.39 is 0 Å². The number of nitrogens with one attached hydrogen (secondary N) is 1. The number of pyridine rings is 1. The predicted molar refractivity (Wildman–Crippen MR) is 109 cm³/mol. The van der Waals surface area contributed by atoms with E-state index >= 15 is 0 Å². The highest BCUT2D eigenvalue weighted by Crippen LogP contribution is 2.33. The molecule has 26 heavy (non-hydrogen) atoms. The van der Waals surface area contributed by atoms with Gasteiger partial charge in [0.05, 0.1) is 5.56 Å². The van der Waals surface area contributed by atoms with Gasteiger partial charge in [-0.15, -0.1) is 0 Å². The summed E-state index contributed by atoms with van der Waals surface area (Å²) in [7, 11) is 0. The van der Waals surface area contributed by atoms with Gasteiger partial charge in [0.25, 0.3) is 5.91 Å². The molecule has 4 heteroatoms. The molecule has 1 heterocycles. The van der Waals surface area contributed by atoms with Gasteiger partial charge in [-0.05, 0) is 50.5 Å². The van der Waals surface area contributed by atoms with E-state index in [0.717, 1.165) is 22.2 Å². The Morgan fingerprint density at radius 3 is 2.38 bits per heavy atom. The lowest BCUT2D eigenvalue weighted by molar-refractivity contribution is 0.102. The summed E-state index contributed by atoms with van der Waals surface area (Å²) in [6.45, 7) is 0. The first kappa shape index (κ1) is 16.5. The second-order valence-corrected chi connectivity index (χ2v) is 6.71. The summed E-state index contributed by atoms with van der Waals surface area (Å²) in [6, 6.07) is 25.8. The Morgan fingerprint density at radius 1 is 0.808 bits per heavy atom. The van der Waals surface area contributed by atoms with Crippen molar-refractivity contribution in [1.29, 1.82) is 0 Å². The molecule has 0 fully saturated rings. The van der Waals surface area contributed by atoms with E-state index in [9.17, 15) is 4.79 Å². The molecule has 0 saturated heterocycles. The molecular formula is C22H15BrN2O. The van der Waals surface area contributed by atoms with Gasteiger partial charge in [0.1, 0.15) is 4.60 Å². The van der Waals surface area contributed by atoms with Crippen LogP contribution >= 0.6 is 15.9 Å². The maximum Gasteiger partial charge on any atom is 0.257 e. The van der Waals surface area contributed by atoms with Crippen LogP contribution < -0.4 is 5.32 Å². The summed E-state index contributed by atoms with van der Waals surface area (Å²) in [5, 5.41) is 5.34. The number of anilines is 1. The Bertz CT molecular complexity index is 1090. The summed E-state index contributed by atoms with van der Waals surface area (Å²) in [5.74, 6) is -0.183. The number of carbonyl (C=O) groups is 1. The average molecular weight is 403 g/mol. The van der Waals surface area contributed by atoms with Gasteiger partial charge in [-0.3, -0.25) is 4.79 Å². The van der Waals surface area contributed by atoms with E-state index in [2.05, 4.69) is 50.5 Å². The Kier molecular flexibility index (Phi) is 4.50. The fraction of sp³-hybridized carbons (Fsp3) is 0. The first-order valence-electron chi connectivity index (χ1n) is 8.22.